The maximum atomic E-state index is 11.0. The second kappa shape index (κ2) is 7.41. The van der Waals surface area contributed by atoms with Crippen LogP contribution in [-0.2, 0) is 11.3 Å². The predicted molar refractivity (Wildman–Crippen MR) is 85.4 cm³/mol. The molecule has 0 atom stereocenters. The molecular formula is C16H26N4O. The molecule has 0 spiro atoms. The summed E-state index contributed by atoms with van der Waals surface area (Å²) >= 11 is 0. The van der Waals surface area contributed by atoms with Crippen LogP contribution >= 0.6 is 0 Å². The van der Waals surface area contributed by atoms with E-state index in [1.807, 2.05) is 13.2 Å². The van der Waals surface area contributed by atoms with E-state index >= 15 is 0 Å². The second-order valence-corrected chi connectivity index (χ2v) is 5.88. The molecule has 1 fully saturated rings. The van der Waals surface area contributed by atoms with Crippen LogP contribution in [0, 0.1) is 12.8 Å². The minimum Gasteiger partial charge on any atom is -0.356 e. The first-order valence-corrected chi connectivity index (χ1v) is 7.69. The minimum absolute atomic E-state index is 0.0649. The molecule has 21 heavy (non-hydrogen) atoms. The van der Waals surface area contributed by atoms with Crippen molar-refractivity contribution in [2.24, 2.45) is 5.92 Å². The molecule has 1 aromatic heterocycles. The fourth-order valence-electron chi connectivity index (χ4n) is 2.89. The Balaban J connectivity index is 1.91. The van der Waals surface area contributed by atoms with Gasteiger partial charge in [-0.25, -0.2) is 4.98 Å². The highest BCUT2D eigenvalue weighted by Gasteiger charge is 2.21. The van der Waals surface area contributed by atoms with Crippen molar-refractivity contribution < 1.29 is 4.79 Å². The molecule has 0 aromatic carbocycles. The summed E-state index contributed by atoms with van der Waals surface area (Å²) in [4.78, 5) is 18.0. The zero-order valence-corrected chi connectivity index (χ0v) is 13.3. The van der Waals surface area contributed by atoms with Gasteiger partial charge in [-0.3, -0.25) is 4.79 Å². The number of nitrogens with zero attached hydrogens (tertiary/aromatic N) is 2. The number of amides is 1. The van der Waals surface area contributed by atoms with Crippen LogP contribution in [0.1, 0.15) is 30.9 Å². The normalized spacial score (nSPS) is 16.0. The van der Waals surface area contributed by atoms with Gasteiger partial charge in [-0.1, -0.05) is 0 Å². The minimum atomic E-state index is 0.0649. The maximum absolute atomic E-state index is 11.0. The molecule has 2 N–H and O–H groups in total. The molecule has 1 amide bonds. The molecule has 116 valence electrons. The van der Waals surface area contributed by atoms with Crippen molar-refractivity contribution in [2.45, 2.75) is 33.2 Å². The monoisotopic (exact) mass is 290 g/mol. The van der Waals surface area contributed by atoms with Gasteiger partial charge in [-0.05, 0) is 49.9 Å². The van der Waals surface area contributed by atoms with Crippen molar-refractivity contribution in [3.63, 3.8) is 0 Å². The number of rotatable bonds is 5. The number of carbonyl (C=O) groups is 1. The van der Waals surface area contributed by atoms with Crippen molar-refractivity contribution in [3.8, 4) is 0 Å². The third kappa shape index (κ3) is 4.43. The van der Waals surface area contributed by atoms with E-state index in [0.29, 0.717) is 5.92 Å². The van der Waals surface area contributed by atoms with Gasteiger partial charge in [0.25, 0.3) is 0 Å². The first-order chi connectivity index (χ1) is 10.1. The van der Waals surface area contributed by atoms with E-state index in [4.69, 9.17) is 0 Å². The lowest BCUT2D eigenvalue weighted by Crippen LogP contribution is -2.38. The van der Waals surface area contributed by atoms with Crippen LogP contribution in [0.2, 0.25) is 0 Å². The van der Waals surface area contributed by atoms with E-state index in [1.165, 1.54) is 11.1 Å². The SMILES string of the molecule is CNCc1cnc(N2CCC(CNC(C)=O)CC2)c(C)c1. The standard InChI is InChI=1S/C16H26N4O/c1-12-8-15(9-17-3)11-19-16(12)20-6-4-14(5-7-20)10-18-13(2)21/h8,11,14,17H,4-7,9-10H2,1-3H3,(H,18,21). The van der Waals surface area contributed by atoms with Crippen LogP contribution in [-0.4, -0.2) is 37.6 Å². The maximum Gasteiger partial charge on any atom is 0.216 e. The lowest BCUT2D eigenvalue weighted by atomic mass is 9.96. The number of aryl methyl sites for hydroxylation is 1. The zero-order chi connectivity index (χ0) is 15.2. The average Bonchev–Trinajstić information content (AvgIpc) is 2.46. The van der Waals surface area contributed by atoms with Crippen LogP contribution in [0.4, 0.5) is 5.82 Å². The largest absolute Gasteiger partial charge is 0.356 e. The number of nitrogens with one attached hydrogen (secondary N) is 2. The summed E-state index contributed by atoms with van der Waals surface area (Å²) in [5.41, 5.74) is 2.46. The smallest absolute Gasteiger partial charge is 0.216 e. The van der Waals surface area contributed by atoms with Crippen LogP contribution < -0.4 is 15.5 Å². The fraction of sp³-hybridized carbons (Fsp3) is 0.625. The van der Waals surface area contributed by atoms with Gasteiger partial charge in [0.15, 0.2) is 0 Å². The van der Waals surface area contributed by atoms with Crippen LogP contribution in [0.25, 0.3) is 0 Å². The summed E-state index contributed by atoms with van der Waals surface area (Å²) in [6.07, 6.45) is 4.18. The number of hydrogen-bond donors (Lipinski definition) is 2. The Morgan fingerprint density at radius 3 is 2.71 bits per heavy atom. The van der Waals surface area contributed by atoms with Crippen LogP contribution in [0.5, 0.6) is 0 Å². The number of carbonyl (C=O) groups excluding carboxylic acids is 1. The van der Waals surface area contributed by atoms with Crippen LogP contribution in [0.15, 0.2) is 12.3 Å². The molecule has 0 bridgehead atoms. The summed E-state index contributed by atoms with van der Waals surface area (Å²) in [5, 5.41) is 6.07. The Kier molecular flexibility index (Phi) is 5.56. The first kappa shape index (κ1) is 15.8. The molecule has 2 heterocycles. The Bertz CT molecular complexity index is 481. The lowest BCUT2D eigenvalue weighted by Gasteiger charge is -2.33. The van der Waals surface area contributed by atoms with E-state index < -0.39 is 0 Å². The van der Waals surface area contributed by atoms with Gasteiger partial charge >= 0.3 is 0 Å². The summed E-state index contributed by atoms with van der Waals surface area (Å²) in [6.45, 7) is 7.40. The van der Waals surface area contributed by atoms with Gasteiger partial charge in [0.2, 0.25) is 5.91 Å². The highest BCUT2D eigenvalue weighted by atomic mass is 16.1. The number of anilines is 1. The molecule has 1 aliphatic heterocycles. The Labute approximate surface area is 127 Å². The zero-order valence-electron chi connectivity index (χ0n) is 13.3. The summed E-state index contributed by atoms with van der Waals surface area (Å²) in [6, 6.07) is 2.21. The molecule has 0 saturated carbocycles. The molecule has 5 heteroatoms. The van der Waals surface area contributed by atoms with E-state index in [-0.39, 0.29) is 5.91 Å². The van der Waals surface area contributed by atoms with Gasteiger partial charge in [0.05, 0.1) is 0 Å². The van der Waals surface area contributed by atoms with E-state index in [0.717, 1.165) is 44.8 Å². The van der Waals surface area contributed by atoms with Gasteiger partial charge in [-0.15, -0.1) is 0 Å². The van der Waals surface area contributed by atoms with Crippen molar-refractivity contribution >= 4 is 11.7 Å². The summed E-state index contributed by atoms with van der Waals surface area (Å²) in [5.74, 6) is 1.76. The third-order valence-corrected chi connectivity index (χ3v) is 4.04. The fourth-order valence-corrected chi connectivity index (χ4v) is 2.89. The predicted octanol–water partition coefficient (Wildman–Crippen LogP) is 1.46. The molecule has 0 radical (unpaired) electrons. The molecular weight excluding hydrogens is 264 g/mol. The van der Waals surface area contributed by atoms with Crippen molar-refractivity contribution in [3.05, 3.63) is 23.4 Å². The highest BCUT2D eigenvalue weighted by Crippen LogP contribution is 2.24. The molecule has 5 nitrogen and oxygen atoms in total. The van der Waals surface area contributed by atoms with Crippen molar-refractivity contribution in [2.75, 3.05) is 31.6 Å². The molecule has 1 saturated heterocycles. The van der Waals surface area contributed by atoms with E-state index in [2.05, 4.69) is 33.5 Å². The first-order valence-electron chi connectivity index (χ1n) is 7.69. The van der Waals surface area contributed by atoms with Gasteiger partial charge in [0, 0.05) is 39.3 Å². The number of aromatic nitrogens is 1. The van der Waals surface area contributed by atoms with Gasteiger partial charge in [-0.2, -0.15) is 0 Å². The summed E-state index contributed by atoms with van der Waals surface area (Å²) < 4.78 is 0. The number of hydrogen-bond acceptors (Lipinski definition) is 4. The van der Waals surface area contributed by atoms with Gasteiger partial charge in [0.1, 0.15) is 5.82 Å². The van der Waals surface area contributed by atoms with E-state index in [9.17, 15) is 4.79 Å². The molecule has 2 rings (SSSR count). The molecule has 1 aliphatic rings. The molecule has 0 aliphatic carbocycles. The molecule has 1 aromatic rings. The topological polar surface area (TPSA) is 57.3 Å². The third-order valence-electron chi connectivity index (χ3n) is 4.04. The highest BCUT2D eigenvalue weighted by molar-refractivity contribution is 5.72. The van der Waals surface area contributed by atoms with Crippen molar-refractivity contribution in [1.29, 1.82) is 0 Å². The molecule has 0 unspecified atom stereocenters. The Hall–Kier alpha value is -1.62. The van der Waals surface area contributed by atoms with Crippen LogP contribution in [0.3, 0.4) is 0 Å². The number of piperidine rings is 1. The second-order valence-electron chi connectivity index (χ2n) is 5.88. The average molecular weight is 290 g/mol. The quantitative estimate of drug-likeness (QED) is 0.862. The van der Waals surface area contributed by atoms with E-state index in [1.54, 1.807) is 6.92 Å². The van der Waals surface area contributed by atoms with Gasteiger partial charge < -0.3 is 15.5 Å². The van der Waals surface area contributed by atoms with Crippen molar-refractivity contribution in [1.82, 2.24) is 15.6 Å². The number of pyridine rings is 1. The lowest BCUT2D eigenvalue weighted by molar-refractivity contribution is -0.119. The summed E-state index contributed by atoms with van der Waals surface area (Å²) in [7, 11) is 1.95. The Morgan fingerprint density at radius 2 is 2.14 bits per heavy atom. The Morgan fingerprint density at radius 1 is 1.43 bits per heavy atom.